The van der Waals surface area contributed by atoms with Gasteiger partial charge in [0.1, 0.15) is 0 Å². The Kier molecular flexibility index (Phi) is 8.09. The van der Waals surface area contributed by atoms with Crippen LogP contribution < -0.4 is 10.4 Å². The number of hydrogen-bond acceptors (Lipinski definition) is 0. The molecule has 144 valence electrons. The van der Waals surface area contributed by atoms with E-state index in [9.17, 15) is 0 Å². The molecule has 0 radical (unpaired) electrons. The van der Waals surface area contributed by atoms with Gasteiger partial charge in [-0.1, -0.05) is 105 Å². The lowest BCUT2D eigenvalue weighted by molar-refractivity contribution is 0.293. The molecule has 26 heavy (non-hydrogen) atoms. The molecule has 1 fully saturated rings. The van der Waals surface area contributed by atoms with Crippen LogP contribution in [0.15, 0.2) is 18.2 Å². The largest absolute Gasteiger partial charge is 0.0912 e. The molecule has 0 aliphatic heterocycles. The number of rotatable bonds is 0. The molecule has 1 aromatic rings. The molecule has 0 nitrogen and oxygen atoms in total. The van der Waals surface area contributed by atoms with Crippen LogP contribution in [0, 0.1) is 5.92 Å². The second kappa shape index (κ2) is 10.3. The van der Waals surface area contributed by atoms with Gasteiger partial charge < -0.3 is 0 Å². The predicted molar refractivity (Wildman–Crippen MR) is 124 cm³/mol. The fourth-order valence-electron chi connectivity index (χ4n) is 4.82. The fourth-order valence-corrected chi connectivity index (χ4v) is 5.66. The van der Waals surface area contributed by atoms with Crippen molar-refractivity contribution in [2.45, 2.75) is 99.7 Å². The van der Waals surface area contributed by atoms with Gasteiger partial charge in [0.15, 0.2) is 0 Å². The van der Waals surface area contributed by atoms with Crippen molar-refractivity contribution in [2.75, 3.05) is 0 Å². The topological polar surface area (TPSA) is 0 Å². The van der Waals surface area contributed by atoms with Gasteiger partial charge >= 0.3 is 0 Å². The Morgan fingerprint density at radius 1 is 0.846 bits per heavy atom. The van der Waals surface area contributed by atoms with Crippen LogP contribution in [-0.2, 0) is 6.42 Å². The van der Waals surface area contributed by atoms with Crippen LogP contribution in [0.2, 0.25) is 0 Å². The monoisotopic (exact) mass is 464 g/mol. The highest BCUT2D eigenvalue weighted by atomic mass is 127. The lowest BCUT2D eigenvalue weighted by Gasteiger charge is -2.35. The standard InChI is InChI=1S/C25H37I/c1-21-20-23-11-9-7-5-3-2-4-6-8-10-22-14-17-25(26,18-15-22)19-16-24(21)13-12-23/h12-13,16,20,22H,1-11,14-15,17-19H2/b24-16-. The van der Waals surface area contributed by atoms with E-state index in [1.807, 2.05) is 0 Å². The SMILES string of the molecule is C=c1cc2cc/c1=C/CC1(I)CCC(CCCCCCCCCC2)CC1. The Bertz CT molecular complexity index is 651. The van der Waals surface area contributed by atoms with E-state index in [1.54, 1.807) is 0 Å². The summed E-state index contributed by atoms with van der Waals surface area (Å²) in [6.45, 7) is 4.34. The van der Waals surface area contributed by atoms with E-state index in [1.165, 1.54) is 112 Å². The quantitative estimate of drug-likeness (QED) is 0.296. The van der Waals surface area contributed by atoms with Crippen LogP contribution >= 0.6 is 22.6 Å². The molecule has 1 aromatic carbocycles. The number of benzene rings is 1. The summed E-state index contributed by atoms with van der Waals surface area (Å²) in [7, 11) is 0. The summed E-state index contributed by atoms with van der Waals surface area (Å²) in [4.78, 5) is 0. The number of fused-ring (bicyclic) bond motifs is 2. The highest BCUT2D eigenvalue weighted by Crippen LogP contribution is 2.43. The molecule has 0 aromatic heterocycles. The molecule has 1 saturated carbocycles. The Morgan fingerprint density at radius 3 is 2.19 bits per heavy atom. The van der Waals surface area contributed by atoms with Gasteiger partial charge in [0.2, 0.25) is 0 Å². The number of aryl methyl sites for hydroxylation is 1. The lowest BCUT2D eigenvalue weighted by atomic mass is 9.78. The molecule has 0 atom stereocenters. The van der Waals surface area contributed by atoms with Crippen LogP contribution in [0.1, 0.15) is 95.5 Å². The highest BCUT2D eigenvalue weighted by Gasteiger charge is 2.31. The maximum absolute atomic E-state index is 4.34. The van der Waals surface area contributed by atoms with E-state index in [2.05, 4.69) is 53.4 Å². The summed E-state index contributed by atoms with van der Waals surface area (Å²) in [6.07, 6.45) is 23.5. The van der Waals surface area contributed by atoms with Crippen molar-refractivity contribution >= 4 is 35.2 Å². The van der Waals surface area contributed by atoms with Crippen molar-refractivity contribution in [2.24, 2.45) is 5.92 Å². The smallest absolute Gasteiger partial charge is 0.0257 e. The molecule has 1 heteroatoms. The van der Waals surface area contributed by atoms with Crippen molar-refractivity contribution in [3.8, 4) is 0 Å². The molecule has 4 aliphatic rings. The van der Waals surface area contributed by atoms with Gasteiger partial charge in [-0.05, 0) is 66.9 Å². The summed E-state index contributed by atoms with van der Waals surface area (Å²) in [5.41, 5.74) is 1.48. The zero-order valence-electron chi connectivity index (χ0n) is 16.6. The van der Waals surface area contributed by atoms with E-state index in [0.29, 0.717) is 3.42 Å². The first-order valence-corrected chi connectivity index (χ1v) is 12.2. The Hall–Kier alpha value is -0.310. The van der Waals surface area contributed by atoms with Crippen molar-refractivity contribution in [1.29, 1.82) is 0 Å². The number of alkyl halides is 1. The van der Waals surface area contributed by atoms with Gasteiger partial charge in [0, 0.05) is 3.42 Å². The minimum atomic E-state index is 0.486. The molecular weight excluding hydrogens is 427 g/mol. The lowest BCUT2D eigenvalue weighted by Crippen LogP contribution is -2.29. The summed E-state index contributed by atoms with van der Waals surface area (Å²) >= 11 is 2.77. The first kappa shape index (κ1) is 20.4. The Morgan fingerprint density at radius 2 is 1.50 bits per heavy atom. The maximum Gasteiger partial charge on any atom is 0.0257 e. The molecule has 4 bridgehead atoms. The van der Waals surface area contributed by atoms with Gasteiger partial charge in [-0.2, -0.15) is 0 Å². The molecule has 0 unspecified atom stereocenters. The minimum absolute atomic E-state index is 0.486. The van der Waals surface area contributed by atoms with Gasteiger partial charge in [0.05, 0.1) is 0 Å². The summed E-state index contributed by atoms with van der Waals surface area (Å²) < 4.78 is 0.486. The summed E-state index contributed by atoms with van der Waals surface area (Å²) in [5.74, 6) is 1.01. The zero-order valence-corrected chi connectivity index (χ0v) is 18.7. The average Bonchev–Trinajstić information content (AvgIpc) is 2.63. The van der Waals surface area contributed by atoms with E-state index in [0.717, 1.165) is 5.92 Å². The van der Waals surface area contributed by atoms with Crippen molar-refractivity contribution < 1.29 is 0 Å². The third kappa shape index (κ3) is 6.39. The molecule has 4 aliphatic carbocycles. The van der Waals surface area contributed by atoms with Gasteiger partial charge in [-0.15, -0.1) is 0 Å². The van der Waals surface area contributed by atoms with Gasteiger partial charge in [0.25, 0.3) is 0 Å². The van der Waals surface area contributed by atoms with Gasteiger partial charge in [-0.25, -0.2) is 0 Å². The molecule has 0 spiro atoms. The van der Waals surface area contributed by atoms with Crippen LogP contribution in [-0.4, -0.2) is 3.42 Å². The third-order valence-electron chi connectivity index (χ3n) is 6.72. The second-order valence-electron chi connectivity index (χ2n) is 8.90. The van der Waals surface area contributed by atoms with Crippen LogP contribution in [0.25, 0.3) is 12.7 Å². The van der Waals surface area contributed by atoms with Crippen molar-refractivity contribution in [3.63, 3.8) is 0 Å². The third-order valence-corrected chi connectivity index (χ3v) is 8.24. The van der Waals surface area contributed by atoms with Crippen LogP contribution in [0.4, 0.5) is 0 Å². The molecule has 0 saturated heterocycles. The molecule has 0 amide bonds. The van der Waals surface area contributed by atoms with Crippen LogP contribution in [0.3, 0.4) is 0 Å². The average molecular weight is 464 g/mol. The van der Waals surface area contributed by atoms with Crippen molar-refractivity contribution in [3.05, 3.63) is 34.2 Å². The highest BCUT2D eigenvalue weighted by molar-refractivity contribution is 14.1. The van der Waals surface area contributed by atoms with Gasteiger partial charge in [-0.3, -0.25) is 0 Å². The molecule has 5 rings (SSSR count). The Balaban J connectivity index is 1.68. The minimum Gasteiger partial charge on any atom is -0.0912 e. The van der Waals surface area contributed by atoms with E-state index < -0.39 is 0 Å². The Labute approximate surface area is 174 Å². The first-order chi connectivity index (χ1) is 12.6. The summed E-state index contributed by atoms with van der Waals surface area (Å²) in [6, 6.07) is 7.00. The number of halogens is 1. The second-order valence-corrected chi connectivity index (χ2v) is 11.2. The fraction of sp³-hybridized carbons (Fsp3) is 0.680. The first-order valence-electron chi connectivity index (χ1n) is 11.1. The molecular formula is C25H37I. The number of hydrogen-bond donors (Lipinski definition) is 0. The maximum atomic E-state index is 4.34. The summed E-state index contributed by atoms with van der Waals surface area (Å²) in [5, 5.41) is 2.59. The normalized spacial score (nSPS) is 30.5. The molecule has 0 N–H and O–H groups in total. The van der Waals surface area contributed by atoms with Crippen molar-refractivity contribution in [1.82, 2.24) is 0 Å². The van der Waals surface area contributed by atoms with E-state index in [4.69, 9.17) is 0 Å². The predicted octanol–water partition coefficient (Wildman–Crippen LogP) is 6.70. The van der Waals surface area contributed by atoms with E-state index >= 15 is 0 Å². The molecule has 0 heterocycles. The zero-order chi connectivity index (χ0) is 18.2. The van der Waals surface area contributed by atoms with Crippen LogP contribution in [0.5, 0.6) is 0 Å². The van der Waals surface area contributed by atoms with E-state index in [-0.39, 0.29) is 0 Å².